The molecule has 0 fully saturated rings. The van der Waals surface area contributed by atoms with Gasteiger partial charge in [-0.25, -0.2) is 8.42 Å². The van der Waals surface area contributed by atoms with Crippen LogP contribution in [0.15, 0.2) is 63.8 Å². The number of hydrogen-bond donors (Lipinski definition) is 2. The molecule has 2 aromatic carbocycles. The van der Waals surface area contributed by atoms with Crippen molar-refractivity contribution in [2.45, 2.75) is 15.5 Å². The predicted octanol–water partition coefficient (Wildman–Crippen LogP) is 3.91. The van der Waals surface area contributed by atoms with E-state index in [1.165, 1.54) is 54.0 Å². The smallest absolute Gasteiger partial charge is 0.288 e. The zero-order chi connectivity index (χ0) is 20.1. The quantitative estimate of drug-likeness (QED) is 0.538. The largest absolute Gasteiger partial charge is 0.296 e. The lowest BCUT2D eigenvalue weighted by Crippen LogP contribution is -2.16. The molecule has 1 heterocycles. The zero-order valence-corrected chi connectivity index (χ0v) is 16.3. The fourth-order valence-electron chi connectivity index (χ4n) is 2.12. The molecule has 0 spiro atoms. The van der Waals surface area contributed by atoms with Crippen molar-refractivity contribution >= 4 is 49.8 Å². The average Bonchev–Trinajstić information content (AvgIpc) is 3.16. The minimum Gasteiger partial charge on any atom is -0.296 e. The van der Waals surface area contributed by atoms with Gasteiger partial charge in [-0.1, -0.05) is 29.2 Å². The number of carbonyl (C=O) groups excluding carboxylic acids is 1. The van der Waals surface area contributed by atoms with Crippen molar-refractivity contribution in [1.82, 2.24) is 10.2 Å². The molecule has 3 rings (SSSR count). The van der Waals surface area contributed by atoms with Crippen molar-refractivity contribution in [1.29, 1.82) is 0 Å². The van der Waals surface area contributed by atoms with Crippen LogP contribution in [0.5, 0.6) is 0 Å². The van der Waals surface area contributed by atoms with Crippen molar-refractivity contribution in [3.05, 3.63) is 59.6 Å². The van der Waals surface area contributed by atoms with Gasteiger partial charge in [0.15, 0.2) is 0 Å². The maximum Gasteiger partial charge on any atom is 0.288 e. The molecule has 0 radical (unpaired) electrons. The molecule has 12 heteroatoms. The summed E-state index contributed by atoms with van der Waals surface area (Å²) in [5, 5.41) is 10.1. The Bertz CT molecular complexity index is 1060. The summed E-state index contributed by atoms with van der Waals surface area (Å²) in [6.45, 7) is 0. The number of nitrogens with zero attached hydrogens (tertiary/aromatic N) is 2. The number of amides is 1. The van der Waals surface area contributed by atoms with Crippen molar-refractivity contribution in [3.8, 4) is 0 Å². The molecule has 0 saturated carbocycles. The van der Waals surface area contributed by atoms with E-state index in [0.717, 1.165) is 11.3 Å². The fourth-order valence-corrected chi connectivity index (χ4v) is 4.16. The molecule has 1 aromatic heterocycles. The minimum atomic E-state index is -3.98. The second kappa shape index (κ2) is 8.63. The molecular formula is C16H12F2N4O3S3. The van der Waals surface area contributed by atoms with Gasteiger partial charge in [-0.3, -0.25) is 14.8 Å². The van der Waals surface area contributed by atoms with E-state index in [4.69, 9.17) is 0 Å². The summed E-state index contributed by atoms with van der Waals surface area (Å²) in [5.41, 5.74) is 1.79. The lowest BCUT2D eigenvalue weighted by molar-refractivity contribution is 0.102. The van der Waals surface area contributed by atoms with E-state index in [-0.39, 0.29) is 21.3 Å². The van der Waals surface area contributed by atoms with Gasteiger partial charge in [0, 0.05) is 16.1 Å². The molecule has 146 valence electrons. The Morgan fingerprint density at radius 3 is 2.54 bits per heavy atom. The van der Waals surface area contributed by atoms with Crippen LogP contribution < -0.4 is 10.0 Å². The van der Waals surface area contributed by atoms with Crippen LogP contribution in [0.3, 0.4) is 0 Å². The van der Waals surface area contributed by atoms with Gasteiger partial charge in [0.2, 0.25) is 5.13 Å². The molecule has 1 amide bonds. The predicted molar refractivity (Wildman–Crippen MR) is 103 cm³/mol. The van der Waals surface area contributed by atoms with Crippen molar-refractivity contribution in [2.75, 3.05) is 10.0 Å². The summed E-state index contributed by atoms with van der Waals surface area (Å²) in [7, 11) is -3.98. The molecule has 0 aliphatic heterocycles. The molecule has 2 N–H and O–H groups in total. The summed E-state index contributed by atoms with van der Waals surface area (Å²) in [6, 6.07) is 11.0. The van der Waals surface area contributed by atoms with Crippen LogP contribution in [0.2, 0.25) is 0 Å². The highest BCUT2D eigenvalue weighted by molar-refractivity contribution is 7.99. The van der Waals surface area contributed by atoms with Crippen molar-refractivity contribution in [2.24, 2.45) is 0 Å². The number of hydrogen-bond acceptors (Lipinski definition) is 7. The lowest BCUT2D eigenvalue weighted by Gasteiger charge is -2.10. The third kappa shape index (κ3) is 5.24. The molecule has 0 unspecified atom stereocenters. The molecule has 0 saturated heterocycles. The topological polar surface area (TPSA) is 101 Å². The number of anilines is 2. The molecule has 28 heavy (non-hydrogen) atoms. The first-order chi connectivity index (χ1) is 13.3. The standard InChI is InChI=1S/C16H12F2N4O3S3/c17-15(18)27-12-6-4-11(5-7-12)22-28(24,25)13-3-1-2-10(8-13)14(23)20-16-21-19-9-26-16/h1-9,15,22H,(H,20,21,23). The first kappa shape index (κ1) is 20.2. The molecule has 0 atom stereocenters. The molecule has 0 bridgehead atoms. The van der Waals surface area contributed by atoms with E-state index in [1.807, 2.05) is 0 Å². The molecular weight excluding hydrogens is 430 g/mol. The fraction of sp³-hybridized carbons (Fsp3) is 0.0625. The number of sulfonamides is 1. The number of thioether (sulfide) groups is 1. The molecule has 7 nitrogen and oxygen atoms in total. The number of carbonyl (C=O) groups is 1. The Kier molecular flexibility index (Phi) is 6.21. The first-order valence-corrected chi connectivity index (χ1v) is 10.8. The summed E-state index contributed by atoms with van der Waals surface area (Å²) in [6.07, 6.45) is 0. The van der Waals surface area contributed by atoms with E-state index < -0.39 is 21.7 Å². The van der Waals surface area contributed by atoms with Gasteiger partial charge >= 0.3 is 0 Å². The third-order valence-electron chi connectivity index (χ3n) is 3.32. The maximum absolute atomic E-state index is 12.6. The summed E-state index contributed by atoms with van der Waals surface area (Å²) in [4.78, 5) is 12.4. The second-order valence-corrected chi connectivity index (χ2v) is 8.81. The highest BCUT2D eigenvalue weighted by Crippen LogP contribution is 2.27. The summed E-state index contributed by atoms with van der Waals surface area (Å²) in [5.74, 6) is -3.08. The van der Waals surface area contributed by atoms with Gasteiger partial charge in [0.05, 0.1) is 4.90 Å². The van der Waals surface area contributed by atoms with Gasteiger partial charge in [0.1, 0.15) is 5.51 Å². The van der Waals surface area contributed by atoms with Crippen molar-refractivity contribution < 1.29 is 22.0 Å². The third-order valence-corrected chi connectivity index (χ3v) is 6.03. The van der Waals surface area contributed by atoms with Crippen LogP contribution in [0.1, 0.15) is 10.4 Å². The molecule has 3 aromatic rings. The van der Waals surface area contributed by atoms with E-state index in [1.54, 1.807) is 0 Å². The van der Waals surface area contributed by atoms with Crippen LogP contribution in [-0.2, 0) is 10.0 Å². The van der Waals surface area contributed by atoms with E-state index in [9.17, 15) is 22.0 Å². The summed E-state index contributed by atoms with van der Waals surface area (Å²) >= 11 is 1.49. The van der Waals surface area contributed by atoms with Gasteiger partial charge in [0.25, 0.3) is 21.7 Å². The highest BCUT2D eigenvalue weighted by atomic mass is 32.2. The number of benzene rings is 2. The van der Waals surface area contributed by atoms with Gasteiger partial charge in [-0.2, -0.15) is 8.78 Å². The van der Waals surface area contributed by atoms with Crippen LogP contribution in [0, 0.1) is 0 Å². The maximum atomic E-state index is 12.6. The van der Waals surface area contributed by atoms with Gasteiger partial charge in [-0.05, 0) is 42.5 Å². The SMILES string of the molecule is O=C(Nc1nncs1)c1cccc(S(=O)(=O)Nc2ccc(SC(F)F)cc2)c1. The van der Waals surface area contributed by atoms with Crippen LogP contribution in [0.25, 0.3) is 0 Å². The number of halogens is 2. The second-order valence-electron chi connectivity index (χ2n) is 5.23. The molecule has 0 aliphatic carbocycles. The first-order valence-electron chi connectivity index (χ1n) is 7.59. The number of alkyl halides is 2. The van der Waals surface area contributed by atoms with E-state index in [2.05, 4.69) is 20.2 Å². The Balaban J connectivity index is 1.75. The Hall–Kier alpha value is -2.57. The zero-order valence-electron chi connectivity index (χ0n) is 13.9. The van der Waals surface area contributed by atoms with E-state index >= 15 is 0 Å². The normalized spacial score (nSPS) is 11.4. The van der Waals surface area contributed by atoms with Crippen molar-refractivity contribution in [3.63, 3.8) is 0 Å². The Morgan fingerprint density at radius 2 is 1.89 bits per heavy atom. The number of nitrogens with one attached hydrogen (secondary N) is 2. The van der Waals surface area contributed by atoms with E-state index in [0.29, 0.717) is 16.7 Å². The number of rotatable bonds is 7. The Morgan fingerprint density at radius 1 is 1.14 bits per heavy atom. The van der Waals surface area contributed by atoms with Gasteiger partial charge in [-0.15, -0.1) is 10.2 Å². The van der Waals surface area contributed by atoms with Crippen LogP contribution >= 0.6 is 23.1 Å². The lowest BCUT2D eigenvalue weighted by atomic mass is 10.2. The molecule has 0 aliphatic rings. The van der Waals surface area contributed by atoms with Gasteiger partial charge < -0.3 is 0 Å². The number of aromatic nitrogens is 2. The Labute approximate surface area is 167 Å². The minimum absolute atomic E-state index is 0.122. The van der Waals surface area contributed by atoms with Crippen LogP contribution in [-0.4, -0.2) is 30.3 Å². The average molecular weight is 442 g/mol. The highest BCUT2D eigenvalue weighted by Gasteiger charge is 2.17. The van der Waals surface area contributed by atoms with Crippen LogP contribution in [0.4, 0.5) is 19.6 Å². The monoisotopic (exact) mass is 442 g/mol. The summed E-state index contributed by atoms with van der Waals surface area (Å²) < 4.78 is 52.2.